The number of rotatable bonds is 4. The second-order valence-electron chi connectivity index (χ2n) is 4.69. The number of hydrogen-bond donors (Lipinski definition) is 0. The van der Waals surface area contributed by atoms with Crippen molar-refractivity contribution in [2.24, 2.45) is 5.92 Å². The first-order valence-corrected chi connectivity index (χ1v) is 6.32. The average Bonchev–Trinajstić information content (AvgIpc) is 2.41. The van der Waals surface area contributed by atoms with Crippen LogP contribution in [0.5, 0.6) is 0 Å². The van der Waals surface area contributed by atoms with Gasteiger partial charge < -0.3 is 0 Å². The second-order valence-corrected chi connectivity index (χ2v) is 4.69. The highest BCUT2D eigenvalue weighted by Gasteiger charge is 2.02. The van der Waals surface area contributed by atoms with Gasteiger partial charge in [-0.2, -0.15) is 0 Å². The Morgan fingerprint density at radius 3 is 2.53 bits per heavy atom. The maximum absolute atomic E-state index is 13.4. The molecule has 2 aromatic rings. The van der Waals surface area contributed by atoms with Gasteiger partial charge in [0, 0.05) is 5.56 Å². The molecule has 0 saturated heterocycles. The Morgan fingerprint density at radius 1 is 1.05 bits per heavy atom. The second kappa shape index (κ2) is 6.28. The fourth-order valence-electron chi connectivity index (χ4n) is 1.96. The van der Waals surface area contributed by atoms with Gasteiger partial charge in [-0.3, -0.25) is 0 Å². The topological polar surface area (TPSA) is 0 Å². The molecule has 0 saturated carbocycles. The summed E-state index contributed by atoms with van der Waals surface area (Å²) in [6.07, 6.45) is 4.44. The molecule has 0 spiro atoms. The summed E-state index contributed by atoms with van der Waals surface area (Å²) in [5.41, 5.74) is 1.53. The smallest absolute Gasteiger partial charge is 0.130 e. The zero-order chi connectivity index (χ0) is 13.7. The van der Waals surface area contributed by atoms with Gasteiger partial charge in [-0.25, -0.2) is 8.78 Å². The first-order chi connectivity index (χ1) is 9.15. The molecule has 0 radical (unpaired) electrons. The largest absolute Gasteiger partial charge is 0.207 e. The molecule has 2 aromatic carbocycles. The van der Waals surface area contributed by atoms with Crippen molar-refractivity contribution in [1.29, 1.82) is 0 Å². The van der Waals surface area contributed by atoms with Crippen LogP contribution in [0.4, 0.5) is 8.78 Å². The lowest BCUT2D eigenvalue weighted by Crippen LogP contribution is -1.95. The Balaban J connectivity index is 2.04. The standard InChI is InChI=1S/C17H16F2/c1-13(11-14-5-3-2-4-6-14)7-8-15-12-16(18)9-10-17(15)19/h2-10,12-13H,11H2,1H3/b8-7+. The average molecular weight is 258 g/mol. The van der Waals surface area contributed by atoms with Gasteiger partial charge in [0.2, 0.25) is 0 Å². The Kier molecular flexibility index (Phi) is 4.45. The first kappa shape index (κ1) is 13.5. The minimum absolute atomic E-state index is 0.269. The zero-order valence-corrected chi connectivity index (χ0v) is 10.8. The van der Waals surface area contributed by atoms with Crippen molar-refractivity contribution in [2.75, 3.05) is 0 Å². The summed E-state index contributed by atoms with van der Waals surface area (Å²) in [4.78, 5) is 0. The quantitative estimate of drug-likeness (QED) is 0.735. The van der Waals surface area contributed by atoms with E-state index in [0.717, 1.165) is 18.6 Å². The van der Waals surface area contributed by atoms with E-state index >= 15 is 0 Å². The van der Waals surface area contributed by atoms with Gasteiger partial charge in [0.05, 0.1) is 0 Å². The SMILES string of the molecule is CC(/C=C/c1cc(F)ccc1F)Cc1ccccc1. The van der Waals surface area contributed by atoms with Crippen molar-refractivity contribution in [1.82, 2.24) is 0 Å². The molecule has 0 bridgehead atoms. The minimum atomic E-state index is -0.420. The van der Waals surface area contributed by atoms with Gasteiger partial charge in [-0.05, 0) is 36.1 Å². The lowest BCUT2D eigenvalue weighted by molar-refractivity contribution is 0.597. The molecule has 19 heavy (non-hydrogen) atoms. The van der Waals surface area contributed by atoms with Crippen LogP contribution in [0.25, 0.3) is 6.08 Å². The molecule has 2 rings (SSSR count). The molecular weight excluding hydrogens is 242 g/mol. The van der Waals surface area contributed by atoms with Crippen LogP contribution in [0.3, 0.4) is 0 Å². The van der Waals surface area contributed by atoms with Crippen LogP contribution in [0, 0.1) is 17.6 Å². The van der Waals surface area contributed by atoms with E-state index in [1.165, 1.54) is 11.6 Å². The Bertz CT molecular complexity index is 559. The number of benzene rings is 2. The predicted molar refractivity (Wildman–Crippen MR) is 74.7 cm³/mol. The van der Waals surface area contributed by atoms with E-state index in [4.69, 9.17) is 0 Å². The van der Waals surface area contributed by atoms with E-state index in [1.807, 2.05) is 24.3 Å². The van der Waals surface area contributed by atoms with E-state index in [1.54, 1.807) is 6.08 Å². The molecule has 0 N–H and O–H groups in total. The van der Waals surface area contributed by atoms with E-state index < -0.39 is 11.6 Å². The minimum Gasteiger partial charge on any atom is -0.207 e. The van der Waals surface area contributed by atoms with Gasteiger partial charge in [0.1, 0.15) is 11.6 Å². The summed E-state index contributed by atoms with van der Waals surface area (Å²) in [5.74, 6) is -0.550. The number of halogens is 2. The van der Waals surface area contributed by atoms with E-state index in [2.05, 4.69) is 19.1 Å². The molecule has 0 aliphatic heterocycles. The van der Waals surface area contributed by atoms with Gasteiger partial charge >= 0.3 is 0 Å². The molecular formula is C17H16F2. The maximum atomic E-state index is 13.4. The summed E-state index contributed by atoms with van der Waals surface area (Å²) in [6, 6.07) is 13.6. The molecule has 0 aliphatic carbocycles. The van der Waals surface area contributed by atoms with Crippen molar-refractivity contribution < 1.29 is 8.78 Å². The van der Waals surface area contributed by atoms with Crippen LogP contribution in [-0.2, 0) is 6.42 Å². The number of hydrogen-bond acceptors (Lipinski definition) is 0. The van der Waals surface area contributed by atoms with Crippen LogP contribution in [0.2, 0.25) is 0 Å². The molecule has 0 aliphatic rings. The number of allylic oxidation sites excluding steroid dienone is 1. The maximum Gasteiger partial charge on any atom is 0.130 e. The Morgan fingerprint density at radius 2 is 1.79 bits per heavy atom. The highest BCUT2D eigenvalue weighted by atomic mass is 19.1. The first-order valence-electron chi connectivity index (χ1n) is 6.32. The van der Waals surface area contributed by atoms with Crippen molar-refractivity contribution in [3.63, 3.8) is 0 Å². The van der Waals surface area contributed by atoms with Crippen molar-refractivity contribution in [3.05, 3.63) is 77.4 Å². The van der Waals surface area contributed by atoms with Crippen molar-refractivity contribution >= 4 is 6.08 Å². The Hall–Kier alpha value is -1.96. The fraction of sp³-hybridized carbons (Fsp3) is 0.176. The van der Waals surface area contributed by atoms with Gasteiger partial charge in [-0.15, -0.1) is 0 Å². The van der Waals surface area contributed by atoms with Gasteiger partial charge in [0.15, 0.2) is 0 Å². The highest BCUT2D eigenvalue weighted by molar-refractivity contribution is 5.50. The normalized spacial score (nSPS) is 12.8. The molecule has 0 amide bonds. The molecule has 0 nitrogen and oxygen atoms in total. The van der Waals surface area contributed by atoms with E-state index in [-0.39, 0.29) is 5.92 Å². The lowest BCUT2D eigenvalue weighted by atomic mass is 10.00. The summed E-state index contributed by atoms with van der Waals surface area (Å²) >= 11 is 0. The van der Waals surface area contributed by atoms with Crippen LogP contribution < -0.4 is 0 Å². The molecule has 2 heteroatoms. The predicted octanol–water partition coefficient (Wildman–Crippen LogP) is 4.86. The fourth-order valence-corrected chi connectivity index (χ4v) is 1.96. The summed E-state index contributed by atoms with van der Waals surface area (Å²) in [5, 5.41) is 0. The molecule has 0 fully saturated rings. The lowest BCUT2D eigenvalue weighted by Gasteiger charge is -2.06. The monoisotopic (exact) mass is 258 g/mol. The molecule has 0 aromatic heterocycles. The third-order valence-corrected chi connectivity index (χ3v) is 2.96. The van der Waals surface area contributed by atoms with Gasteiger partial charge in [0.25, 0.3) is 0 Å². The summed E-state index contributed by atoms with van der Waals surface area (Å²) < 4.78 is 26.4. The van der Waals surface area contributed by atoms with Crippen molar-refractivity contribution in [3.8, 4) is 0 Å². The van der Waals surface area contributed by atoms with Gasteiger partial charge in [-0.1, -0.05) is 49.4 Å². The molecule has 98 valence electrons. The molecule has 1 atom stereocenters. The Labute approximate surface area is 112 Å². The third kappa shape index (κ3) is 4.02. The van der Waals surface area contributed by atoms with Crippen LogP contribution >= 0.6 is 0 Å². The van der Waals surface area contributed by atoms with Crippen LogP contribution in [0.1, 0.15) is 18.1 Å². The van der Waals surface area contributed by atoms with Crippen LogP contribution in [0.15, 0.2) is 54.6 Å². The van der Waals surface area contributed by atoms with E-state index in [0.29, 0.717) is 5.56 Å². The summed E-state index contributed by atoms with van der Waals surface area (Å²) in [7, 11) is 0. The summed E-state index contributed by atoms with van der Waals surface area (Å²) in [6.45, 7) is 2.06. The zero-order valence-electron chi connectivity index (χ0n) is 10.8. The third-order valence-electron chi connectivity index (χ3n) is 2.96. The van der Waals surface area contributed by atoms with E-state index in [9.17, 15) is 8.78 Å². The highest BCUT2D eigenvalue weighted by Crippen LogP contribution is 2.15. The molecule has 0 heterocycles. The van der Waals surface area contributed by atoms with Crippen molar-refractivity contribution in [2.45, 2.75) is 13.3 Å². The van der Waals surface area contributed by atoms with Crippen LogP contribution in [-0.4, -0.2) is 0 Å². The molecule has 1 unspecified atom stereocenters.